The molecular weight excluding hydrogens is 384 g/mol. The number of esters is 1. The highest BCUT2D eigenvalue weighted by atomic mass is 32.2. The number of carbonyl (C=O) groups is 2. The van der Waals surface area contributed by atoms with E-state index in [9.17, 15) is 18.0 Å². The molecule has 1 heterocycles. The number of benzene rings is 1. The smallest absolute Gasteiger partial charge is 0.343 e. The van der Waals surface area contributed by atoms with Gasteiger partial charge in [0.2, 0.25) is 15.9 Å². The third-order valence-corrected chi connectivity index (χ3v) is 6.40. The van der Waals surface area contributed by atoms with Crippen LogP contribution in [0, 0.1) is 12.8 Å². The van der Waals surface area contributed by atoms with Gasteiger partial charge in [-0.15, -0.1) is 0 Å². The number of carbonyl (C=O) groups excluding carboxylic acids is 2. The van der Waals surface area contributed by atoms with Gasteiger partial charge >= 0.3 is 5.97 Å². The van der Waals surface area contributed by atoms with E-state index in [0.29, 0.717) is 30.7 Å². The highest BCUT2D eigenvalue weighted by Gasteiger charge is 2.33. The Balaban J connectivity index is 2.14. The lowest BCUT2D eigenvalue weighted by atomic mass is 9.98. The molecule has 1 saturated heterocycles. The molecule has 1 aliphatic rings. The average molecular weight is 413 g/mol. The first-order valence-electron chi connectivity index (χ1n) is 9.26. The lowest BCUT2D eigenvalue weighted by molar-refractivity contribution is -0.142. The van der Waals surface area contributed by atoms with Crippen LogP contribution in [0.4, 0.5) is 0 Å². The molecule has 8 nitrogen and oxygen atoms in total. The molecule has 1 aromatic rings. The van der Waals surface area contributed by atoms with Crippen LogP contribution in [0.5, 0.6) is 5.75 Å². The molecule has 9 heteroatoms. The molecule has 1 aromatic carbocycles. The largest absolute Gasteiger partial charge is 0.482 e. The second-order valence-electron chi connectivity index (χ2n) is 7.16. The van der Waals surface area contributed by atoms with Crippen molar-refractivity contribution in [2.75, 3.05) is 26.8 Å². The Hall–Kier alpha value is -2.13. The molecule has 156 valence electrons. The van der Waals surface area contributed by atoms with E-state index < -0.39 is 16.0 Å². The number of hydrogen-bond donors (Lipinski definition) is 1. The normalized spacial score (nSPS) is 18.0. The number of methoxy groups -OCH3 is 1. The van der Waals surface area contributed by atoms with E-state index in [1.807, 2.05) is 13.8 Å². The lowest BCUT2D eigenvalue weighted by Crippen LogP contribution is -2.46. The summed E-state index contributed by atoms with van der Waals surface area (Å²) < 4.78 is 37.3. The number of nitrogens with zero attached hydrogens (tertiary/aromatic N) is 1. The van der Waals surface area contributed by atoms with Crippen molar-refractivity contribution >= 4 is 21.9 Å². The van der Waals surface area contributed by atoms with Crippen LogP contribution >= 0.6 is 0 Å². The van der Waals surface area contributed by atoms with Crippen molar-refractivity contribution in [3.63, 3.8) is 0 Å². The second kappa shape index (κ2) is 9.38. The maximum absolute atomic E-state index is 13.0. The molecule has 0 aliphatic carbocycles. The molecule has 2 rings (SSSR count). The molecule has 1 amide bonds. The monoisotopic (exact) mass is 412 g/mol. The van der Waals surface area contributed by atoms with Gasteiger partial charge in [-0.1, -0.05) is 0 Å². The number of piperidine rings is 1. The van der Waals surface area contributed by atoms with Crippen LogP contribution in [0.2, 0.25) is 0 Å². The van der Waals surface area contributed by atoms with Crippen molar-refractivity contribution in [3.8, 4) is 5.75 Å². The van der Waals surface area contributed by atoms with Crippen LogP contribution in [0.1, 0.15) is 32.3 Å². The van der Waals surface area contributed by atoms with E-state index in [0.717, 1.165) is 0 Å². The maximum atomic E-state index is 13.0. The van der Waals surface area contributed by atoms with E-state index in [-0.39, 0.29) is 35.9 Å². The Bertz CT molecular complexity index is 822. The summed E-state index contributed by atoms with van der Waals surface area (Å²) in [5.74, 6) is -0.570. The average Bonchev–Trinajstić information content (AvgIpc) is 2.66. The molecule has 1 aliphatic heterocycles. The summed E-state index contributed by atoms with van der Waals surface area (Å²) in [6, 6.07) is 4.50. The fourth-order valence-electron chi connectivity index (χ4n) is 3.07. The first-order valence-corrected chi connectivity index (χ1v) is 10.7. The van der Waals surface area contributed by atoms with Gasteiger partial charge in [-0.25, -0.2) is 13.2 Å². The molecule has 1 atom stereocenters. The first-order chi connectivity index (χ1) is 13.1. The van der Waals surface area contributed by atoms with Crippen molar-refractivity contribution in [1.29, 1.82) is 0 Å². The molecule has 1 N–H and O–H groups in total. The summed E-state index contributed by atoms with van der Waals surface area (Å²) in [6.07, 6.45) is 1.30. The molecule has 0 bridgehead atoms. The minimum Gasteiger partial charge on any atom is -0.482 e. The quantitative estimate of drug-likeness (QED) is 0.681. The van der Waals surface area contributed by atoms with E-state index in [1.165, 1.54) is 29.6 Å². The Labute approximate surface area is 166 Å². The molecule has 0 saturated carbocycles. The van der Waals surface area contributed by atoms with Gasteiger partial charge in [-0.05, 0) is 57.4 Å². The van der Waals surface area contributed by atoms with Gasteiger partial charge in [0.1, 0.15) is 5.75 Å². The summed E-state index contributed by atoms with van der Waals surface area (Å²) in [4.78, 5) is 23.6. The van der Waals surface area contributed by atoms with Crippen molar-refractivity contribution in [3.05, 3.63) is 23.8 Å². The molecule has 0 radical (unpaired) electrons. The van der Waals surface area contributed by atoms with Crippen LogP contribution in [0.25, 0.3) is 0 Å². The molecule has 0 spiro atoms. The van der Waals surface area contributed by atoms with Gasteiger partial charge in [-0.3, -0.25) is 4.79 Å². The minimum absolute atomic E-state index is 0.0136. The minimum atomic E-state index is -3.73. The summed E-state index contributed by atoms with van der Waals surface area (Å²) in [5, 5.41) is 2.85. The maximum Gasteiger partial charge on any atom is 0.343 e. The van der Waals surface area contributed by atoms with Gasteiger partial charge in [0.25, 0.3) is 0 Å². The van der Waals surface area contributed by atoms with Crippen molar-refractivity contribution in [2.24, 2.45) is 5.92 Å². The third kappa shape index (κ3) is 5.45. The number of aryl methyl sites for hydroxylation is 1. The topological polar surface area (TPSA) is 102 Å². The number of rotatable bonds is 7. The Kier molecular flexibility index (Phi) is 7.42. The van der Waals surface area contributed by atoms with Gasteiger partial charge < -0.3 is 14.8 Å². The predicted molar refractivity (Wildman–Crippen MR) is 103 cm³/mol. The molecular formula is C19H28N2O6S. The van der Waals surface area contributed by atoms with Crippen LogP contribution < -0.4 is 10.1 Å². The predicted octanol–water partition coefficient (Wildman–Crippen LogP) is 1.47. The zero-order valence-electron chi connectivity index (χ0n) is 16.7. The van der Waals surface area contributed by atoms with Gasteiger partial charge in [0.15, 0.2) is 6.61 Å². The van der Waals surface area contributed by atoms with E-state index in [4.69, 9.17) is 4.74 Å². The number of ether oxygens (including phenoxy) is 2. The molecule has 28 heavy (non-hydrogen) atoms. The number of nitrogens with one attached hydrogen (secondary N) is 1. The van der Waals surface area contributed by atoms with Gasteiger partial charge in [-0.2, -0.15) is 4.31 Å². The summed E-state index contributed by atoms with van der Waals surface area (Å²) >= 11 is 0. The van der Waals surface area contributed by atoms with Gasteiger partial charge in [0.05, 0.1) is 17.9 Å². The molecule has 1 fully saturated rings. The van der Waals surface area contributed by atoms with E-state index in [2.05, 4.69) is 10.1 Å². The van der Waals surface area contributed by atoms with E-state index in [1.54, 1.807) is 6.92 Å². The van der Waals surface area contributed by atoms with Crippen LogP contribution in [0.3, 0.4) is 0 Å². The van der Waals surface area contributed by atoms with Crippen molar-refractivity contribution in [1.82, 2.24) is 9.62 Å². The Morgan fingerprint density at radius 1 is 1.32 bits per heavy atom. The molecule has 0 unspecified atom stereocenters. The zero-order chi connectivity index (χ0) is 20.9. The first kappa shape index (κ1) is 22.2. The Morgan fingerprint density at radius 2 is 2.04 bits per heavy atom. The SMILES string of the molecule is COC(=O)COc1ccc(S(=O)(=O)N2CCC[C@H](C(=O)NC(C)C)C2)cc1C. The van der Waals surface area contributed by atoms with Crippen molar-refractivity contribution < 1.29 is 27.5 Å². The zero-order valence-corrected chi connectivity index (χ0v) is 17.5. The Morgan fingerprint density at radius 3 is 2.64 bits per heavy atom. The molecule has 0 aromatic heterocycles. The highest BCUT2D eigenvalue weighted by Crippen LogP contribution is 2.27. The van der Waals surface area contributed by atoms with Gasteiger partial charge in [0, 0.05) is 19.1 Å². The highest BCUT2D eigenvalue weighted by molar-refractivity contribution is 7.89. The number of sulfonamides is 1. The lowest BCUT2D eigenvalue weighted by Gasteiger charge is -2.31. The summed E-state index contributed by atoms with van der Waals surface area (Å²) in [7, 11) is -2.46. The second-order valence-corrected chi connectivity index (χ2v) is 9.10. The van der Waals surface area contributed by atoms with Crippen molar-refractivity contribution in [2.45, 2.75) is 44.6 Å². The van der Waals surface area contributed by atoms with Crippen LogP contribution in [-0.4, -0.2) is 57.4 Å². The fourth-order valence-corrected chi connectivity index (χ4v) is 4.68. The standard InChI is InChI=1S/C19H28N2O6S/c1-13(2)20-19(23)15-6-5-9-21(11-15)28(24,25)16-7-8-17(14(3)10-16)27-12-18(22)26-4/h7-8,10,13,15H,5-6,9,11-12H2,1-4H3,(H,20,23)/t15-/m0/s1. The third-order valence-electron chi connectivity index (χ3n) is 4.54. The van der Waals surface area contributed by atoms with Crippen LogP contribution in [-0.2, 0) is 24.3 Å². The number of amides is 1. The van der Waals surface area contributed by atoms with Crippen LogP contribution in [0.15, 0.2) is 23.1 Å². The van der Waals surface area contributed by atoms with E-state index >= 15 is 0 Å². The summed E-state index contributed by atoms with van der Waals surface area (Å²) in [5.41, 5.74) is 0.594. The number of hydrogen-bond acceptors (Lipinski definition) is 6. The fraction of sp³-hybridized carbons (Fsp3) is 0.579. The summed E-state index contributed by atoms with van der Waals surface area (Å²) in [6.45, 7) is 5.76.